The van der Waals surface area contributed by atoms with Crippen LogP contribution in [0.25, 0.3) is 0 Å². The predicted molar refractivity (Wildman–Crippen MR) is 80.7 cm³/mol. The molecule has 4 nitrogen and oxygen atoms in total. The average molecular weight is 263 g/mol. The quantitative estimate of drug-likeness (QED) is 0.821. The van der Waals surface area contributed by atoms with Gasteiger partial charge in [-0.05, 0) is 46.0 Å². The Balaban J connectivity index is 2.62. The highest BCUT2D eigenvalue weighted by molar-refractivity contribution is 5.93. The van der Waals surface area contributed by atoms with Crippen molar-refractivity contribution in [2.75, 3.05) is 39.0 Å². The van der Waals surface area contributed by atoms with Gasteiger partial charge in [0.25, 0.3) is 0 Å². The fraction of sp³-hybridized carbons (Fsp3) is 0.533. The van der Waals surface area contributed by atoms with Gasteiger partial charge < -0.3 is 10.6 Å². The van der Waals surface area contributed by atoms with E-state index >= 15 is 0 Å². The standard InChI is InChI=1S/C15H25N3O/c1-11-8-12(2)15(13(3)9-11)17-14(19)10-18(5)7-6-16-4/h8-9,16H,6-7,10H2,1-5H3,(H,17,19). The van der Waals surface area contributed by atoms with Crippen LogP contribution in [0.4, 0.5) is 5.69 Å². The zero-order valence-electron chi connectivity index (χ0n) is 12.6. The van der Waals surface area contributed by atoms with Gasteiger partial charge in [0.15, 0.2) is 0 Å². The van der Waals surface area contributed by atoms with Crippen molar-refractivity contribution in [3.05, 3.63) is 28.8 Å². The maximum Gasteiger partial charge on any atom is 0.238 e. The van der Waals surface area contributed by atoms with Gasteiger partial charge in [-0.25, -0.2) is 0 Å². The Bertz CT molecular complexity index is 420. The van der Waals surface area contributed by atoms with Crippen LogP contribution in [0.2, 0.25) is 0 Å². The van der Waals surface area contributed by atoms with Gasteiger partial charge in [-0.3, -0.25) is 9.69 Å². The highest BCUT2D eigenvalue weighted by Gasteiger charge is 2.10. The third kappa shape index (κ3) is 5.01. The molecule has 1 amide bonds. The number of likely N-dealkylation sites (N-methyl/N-ethyl adjacent to an activating group) is 2. The van der Waals surface area contributed by atoms with Crippen LogP contribution in [0.3, 0.4) is 0 Å². The molecule has 0 unspecified atom stereocenters. The third-order valence-corrected chi connectivity index (χ3v) is 3.10. The normalized spacial score (nSPS) is 10.8. The summed E-state index contributed by atoms with van der Waals surface area (Å²) < 4.78 is 0. The molecule has 2 N–H and O–H groups in total. The molecular formula is C15H25N3O. The zero-order valence-corrected chi connectivity index (χ0v) is 12.6. The first-order valence-corrected chi connectivity index (χ1v) is 6.65. The summed E-state index contributed by atoms with van der Waals surface area (Å²) in [5, 5.41) is 6.08. The molecule has 0 atom stereocenters. The molecule has 0 aliphatic heterocycles. The number of anilines is 1. The van der Waals surface area contributed by atoms with Crippen LogP contribution in [0.5, 0.6) is 0 Å². The van der Waals surface area contributed by atoms with Crippen molar-refractivity contribution in [3.63, 3.8) is 0 Å². The summed E-state index contributed by atoms with van der Waals surface area (Å²) in [6.45, 7) is 8.27. The van der Waals surface area contributed by atoms with Gasteiger partial charge in [0, 0.05) is 18.8 Å². The number of carbonyl (C=O) groups is 1. The maximum absolute atomic E-state index is 12.0. The fourth-order valence-electron chi connectivity index (χ4n) is 2.18. The number of amides is 1. The maximum atomic E-state index is 12.0. The molecule has 4 heteroatoms. The summed E-state index contributed by atoms with van der Waals surface area (Å²) >= 11 is 0. The number of nitrogens with zero attached hydrogens (tertiary/aromatic N) is 1. The molecule has 0 fully saturated rings. The number of rotatable bonds is 6. The molecule has 19 heavy (non-hydrogen) atoms. The van der Waals surface area contributed by atoms with Crippen molar-refractivity contribution in [1.82, 2.24) is 10.2 Å². The van der Waals surface area contributed by atoms with Crippen LogP contribution in [-0.2, 0) is 4.79 Å². The van der Waals surface area contributed by atoms with Gasteiger partial charge in [0.2, 0.25) is 5.91 Å². The van der Waals surface area contributed by atoms with E-state index in [4.69, 9.17) is 0 Å². The number of carbonyl (C=O) groups excluding carboxylic acids is 1. The summed E-state index contributed by atoms with van der Waals surface area (Å²) in [4.78, 5) is 14.0. The van der Waals surface area contributed by atoms with Crippen LogP contribution in [0, 0.1) is 20.8 Å². The molecule has 0 aliphatic rings. The molecule has 106 valence electrons. The lowest BCUT2D eigenvalue weighted by atomic mass is 10.1. The van der Waals surface area contributed by atoms with Gasteiger partial charge in [-0.15, -0.1) is 0 Å². The van der Waals surface area contributed by atoms with Gasteiger partial charge in [-0.2, -0.15) is 0 Å². The highest BCUT2D eigenvalue weighted by atomic mass is 16.2. The first kappa shape index (κ1) is 15.7. The molecule has 0 saturated heterocycles. The average Bonchev–Trinajstić information content (AvgIpc) is 2.31. The monoisotopic (exact) mass is 263 g/mol. The lowest BCUT2D eigenvalue weighted by molar-refractivity contribution is -0.117. The number of hydrogen-bond donors (Lipinski definition) is 2. The summed E-state index contributed by atoms with van der Waals surface area (Å²) in [6.07, 6.45) is 0. The molecule has 0 saturated carbocycles. The predicted octanol–water partition coefficient (Wildman–Crippen LogP) is 1.70. The SMILES string of the molecule is CNCCN(C)CC(=O)Nc1c(C)cc(C)cc1C. The minimum Gasteiger partial charge on any atom is -0.324 e. The van der Waals surface area contributed by atoms with E-state index in [2.05, 4.69) is 29.7 Å². The zero-order chi connectivity index (χ0) is 14.4. The van der Waals surface area contributed by atoms with E-state index in [1.54, 1.807) is 0 Å². The minimum atomic E-state index is 0.0358. The molecule has 1 rings (SSSR count). The summed E-state index contributed by atoms with van der Waals surface area (Å²) in [5.74, 6) is 0.0358. The highest BCUT2D eigenvalue weighted by Crippen LogP contribution is 2.21. The van der Waals surface area contributed by atoms with Crippen molar-refractivity contribution >= 4 is 11.6 Å². The third-order valence-electron chi connectivity index (χ3n) is 3.10. The lowest BCUT2D eigenvalue weighted by Gasteiger charge is -2.17. The number of aryl methyl sites for hydroxylation is 3. The van der Waals surface area contributed by atoms with Crippen molar-refractivity contribution in [2.45, 2.75) is 20.8 Å². The van der Waals surface area contributed by atoms with Crippen LogP contribution in [0.1, 0.15) is 16.7 Å². The topological polar surface area (TPSA) is 44.4 Å². The van der Waals surface area contributed by atoms with Gasteiger partial charge >= 0.3 is 0 Å². The molecular weight excluding hydrogens is 238 g/mol. The van der Waals surface area contributed by atoms with Crippen LogP contribution in [-0.4, -0.2) is 44.5 Å². The van der Waals surface area contributed by atoms with Crippen molar-refractivity contribution in [1.29, 1.82) is 0 Å². The second-order valence-corrected chi connectivity index (χ2v) is 5.16. The fourth-order valence-corrected chi connectivity index (χ4v) is 2.18. The van der Waals surface area contributed by atoms with Crippen molar-refractivity contribution < 1.29 is 4.79 Å². The van der Waals surface area contributed by atoms with Crippen LogP contribution in [0.15, 0.2) is 12.1 Å². The smallest absolute Gasteiger partial charge is 0.238 e. The second-order valence-electron chi connectivity index (χ2n) is 5.16. The van der Waals surface area contributed by atoms with E-state index < -0.39 is 0 Å². The van der Waals surface area contributed by atoms with Crippen LogP contribution < -0.4 is 10.6 Å². The Morgan fingerprint density at radius 3 is 2.32 bits per heavy atom. The molecule has 0 spiro atoms. The van der Waals surface area contributed by atoms with E-state index in [1.165, 1.54) is 5.56 Å². The molecule has 0 aliphatic carbocycles. The Labute approximate surface area is 116 Å². The molecule has 0 aromatic heterocycles. The first-order chi connectivity index (χ1) is 8.93. The molecule has 1 aromatic rings. The summed E-state index contributed by atoms with van der Waals surface area (Å²) in [5.41, 5.74) is 4.39. The van der Waals surface area contributed by atoms with E-state index in [-0.39, 0.29) is 5.91 Å². The Morgan fingerprint density at radius 1 is 1.21 bits per heavy atom. The lowest BCUT2D eigenvalue weighted by Crippen LogP contribution is -2.34. The number of nitrogens with one attached hydrogen (secondary N) is 2. The minimum absolute atomic E-state index is 0.0358. The van der Waals surface area contributed by atoms with Crippen LogP contribution >= 0.6 is 0 Å². The van der Waals surface area contributed by atoms with Gasteiger partial charge in [-0.1, -0.05) is 17.7 Å². The number of hydrogen-bond acceptors (Lipinski definition) is 3. The van der Waals surface area contributed by atoms with Gasteiger partial charge in [0.1, 0.15) is 0 Å². The van der Waals surface area contributed by atoms with E-state index in [9.17, 15) is 4.79 Å². The summed E-state index contributed by atoms with van der Waals surface area (Å²) in [6, 6.07) is 4.18. The Kier molecular flexibility index (Phi) is 5.99. The molecule has 0 bridgehead atoms. The Morgan fingerprint density at radius 2 is 1.79 bits per heavy atom. The Hall–Kier alpha value is -1.39. The van der Waals surface area contributed by atoms with E-state index in [0.29, 0.717) is 6.54 Å². The van der Waals surface area contributed by atoms with E-state index in [0.717, 1.165) is 29.9 Å². The first-order valence-electron chi connectivity index (χ1n) is 6.65. The van der Waals surface area contributed by atoms with E-state index in [1.807, 2.05) is 32.8 Å². The van der Waals surface area contributed by atoms with Crippen molar-refractivity contribution in [3.8, 4) is 0 Å². The largest absolute Gasteiger partial charge is 0.324 e. The van der Waals surface area contributed by atoms with Crippen molar-refractivity contribution in [2.24, 2.45) is 0 Å². The second kappa shape index (κ2) is 7.26. The molecule has 1 aromatic carbocycles. The summed E-state index contributed by atoms with van der Waals surface area (Å²) in [7, 11) is 3.86. The molecule has 0 radical (unpaired) electrons. The number of benzene rings is 1. The van der Waals surface area contributed by atoms with Gasteiger partial charge in [0.05, 0.1) is 6.54 Å². The molecule has 0 heterocycles.